The van der Waals surface area contributed by atoms with Gasteiger partial charge in [0.1, 0.15) is 0 Å². The molecule has 1 aliphatic rings. The summed E-state index contributed by atoms with van der Waals surface area (Å²) in [5.41, 5.74) is 15.2. The lowest BCUT2D eigenvalue weighted by Crippen LogP contribution is -2.41. The van der Waals surface area contributed by atoms with E-state index in [1.807, 2.05) is 36.4 Å². The van der Waals surface area contributed by atoms with E-state index < -0.39 is 5.91 Å². The van der Waals surface area contributed by atoms with Crippen LogP contribution in [0.1, 0.15) is 34.3 Å². The third-order valence-electron chi connectivity index (χ3n) is 4.74. The number of anilines is 2. The molecule has 1 saturated heterocycles. The van der Waals surface area contributed by atoms with Gasteiger partial charge in [-0.15, -0.1) is 0 Å². The summed E-state index contributed by atoms with van der Waals surface area (Å²) in [7, 11) is 0. The molecule has 2 aromatic rings. The lowest BCUT2D eigenvalue weighted by atomic mass is 10.0. The van der Waals surface area contributed by atoms with E-state index >= 15 is 0 Å². The number of piperidine rings is 1. The summed E-state index contributed by atoms with van der Waals surface area (Å²) in [6.45, 7) is 2.75. The molecule has 1 unspecified atom stereocenters. The van der Waals surface area contributed by atoms with Gasteiger partial charge in [0.25, 0.3) is 0 Å². The third kappa shape index (κ3) is 4.40. The van der Waals surface area contributed by atoms with Crippen LogP contribution in [-0.4, -0.2) is 36.2 Å². The van der Waals surface area contributed by atoms with E-state index in [1.165, 1.54) is 6.21 Å². The highest BCUT2D eigenvalue weighted by atomic mass is 16.1. The van der Waals surface area contributed by atoms with Gasteiger partial charge in [0.15, 0.2) is 0 Å². The Hall–Kier alpha value is -2.86. The predicted octanol–water partition coefficient (Wildman–Crippen LogP) is 2.44. The second-order valence-corrected chi connectivity index (χ2v) is 6.77. The Morgan fingerprint density at radius 1 is 1.31 bits per heavy atom. The molecule has 6 heteroatoms. The van der Waals surface area contributed by atoms with Crippen molar-refractivity contribution in [1.82, 2.24) is 4.90 Å². The minimum atomic E-state index is -0.393. The fourth-order valence-corrected chi connectivity index (χ4v) is 3.42. The Kier molecular flexibility index (Phi) is 5.53. The first-order valence-corrected chi connectivity index (χ1v) is 8.83. The van der Waals surface area contributed by atoms with Gasteiger partial charge in [-0.3, -0.25) is 9.69 Å². The maximum absolute atomic E-state index is 11.4. The first-order valence-electron chi connectivity index (χ1n) is 8.83. The molecule has 1 aliphatic heterocycles. The number of benzene rings is 2. The summed E-state index contributed by atoms with van der Waals surface area (Å²) in [6.07, 6.45) is 3.49. The average molecular weight is 351 g/mol. The van der Waals surface area contributed by atoms with E-state index in [0.717, 1.165) is 49.3 Å². The van der Waals surface area contributed by atoms with Crippen molar-refractivity contribution < 1.29 is 4.79 Å². The molecule has 1 atom stereocenters. The number of nitrogens with one attached hydrogen (secondary N) is 2. The average Bonchev–Trinajstić information content (AvgIpc) is 2.64. The summed E-state index contributed by atoms with van der Waals surface area (Å²) in [6, 6.07) is 13.6. The number of rotatable bonds is 6. The summed E-state index contributed by atoms with van der Waals surface area (Å²) >= 11 is 0. The predicted molar refractivity (Wildman–Crippen MR) is 106 cm³/mol. The van der Waals surface area contributed by atoms with Crippen LogP contribution in [0, 0.1) is 5.41 Å². The lowest BCUT2D eigenvalue weighted by molar-refractivity contribution is 0.1000. The zero-order valence-electron chi connectivity index (χ0n) is 14.7. The molecule has 0 saturated carbocycles. The van der Waals surface area contributed by atoms with Gasteiger partial charge >= 0.3 is 0 Å². The molecular formula is C20H25N5O. The third-order valence-corrected chi connectivity index (χ3v) is 4.74. The summed E-state index contributed by atoms with van der Waals surface area (Å²) in [5.74, 6) is -0.393. The Labute approximate surface area is 153 Å². The molecule has 136 valence electrons. The summed E-state index contributed by atoms with van der Waals surface area (Å²) in [5, 5.41) is 11.0. The summed E-state index contributed by atoms with van der Waals surface area (Å²) < 4.78 is 0. The van der Waals surface area contributed by atoms with Crippen LogP contribution >= 0.6 is 0 Å². The Morgan fingerprint density at radius 3 is 2.92 bits per heavy atom. The highest BCUT2D eigenvalue weighted by Gasteiger charge is 2.20. The maximum atomic E-state index is 11.4. The van der Waals surface area contributed by atoms with Gasteiger partial charge in [-0.2, -0.15) is 0 Å². The van der Waals surface area contributed by atoms with Gasteiger partial charge in [-0.25, -0.2) is 0 Å². The number of carbonyl (C=O) groups is 1. The number of nitrogen functional groups attached to an aromatic ring is 1. The number of hydrogen-bond donors (Lipinski definition) is 4. The molecule has 0 aliphatic carbocycles. The monoisotopic (exact) mass is 351 g/mol. The molecule has 6 nitrogen and oxygen atoms in total. The van der Waals surface area contributed by atoms with Crippen molar-refractivity contribution in [3.8, 4) is 0 Å². The van der Waals surface area contributed by atoms with E-state index in [1.54, 1.807) is 6.07 Å². The topological polar surface area (TPSA) is 108 Å². The van der Waals surface area contributed by atoms with Crippen LogP contribution in [0.4, 0.5) is 11.4 Å². The molecular weight excluding hydrogens is 326 g/mol. The Bertz CT molecular complexity index is 805. The highest BCUT2D eigenvalue weighted by molar-refractivity contribution is 5.92. The van der Waals surface area contributed by atoms with Gasteiger partial charge in [-0.1, -0.05) is 12.1 Å². The number of amides is 1. The molecule has 26 heavy (non-hydrogen) atoms. The molecule has 2 aromatic carbocycles. The number of likely N-dealkylation sites (tertiary alicyclic amines) is 1. The quantitative estimate of drug-likeness (QED) is 0.473. The lowest BCUT2D eigenvalue weighted by Gasteiger charge is -2.33. The molecule has 1 amide bonds. The van der Waals surface area contributed by atoms with Gasteiger partial charge < -0.3 is 22.2 Å². The SMILES string of the molecule is N=Cc1cc(NC2CCCN(Cc3cccc(C(N)=O)c3)C2)ccc1N. The van der Waals surface area contributed by atoms with E-state index in [0.29, 0.717) is 17.3 Å². The second-order valence-electron chi connectivity index (χ2n) is 6.77. The molecule has 0 radical (unpaired) electrons. The molecule has 1 heterocycles. The number of carbonyl (C=O) groups excluding carboxylic acids is 1. The van der Waals surface area contributed by atoms with Gasteiger partial charge in [-0.05, 0) is 55.3 Å². The minimum absolute atomic E-state index is 0.338. The number of nitrogens with two attached hydrogens (primary N) is 2. The van der Waals surface area contributed by atoms with Crippen LogP contribution in [0.2, 0.25) is 0 Å². The van der Waals surface area contributed by atoms with Gasteiger partial charge in [0.2, 0.25) is 5.91 Å². The first kappa shape index (κ1) is 17.9. The van der Waals surface area contributed by atoms with Crippen molar-refractivity contribution in [1.29, 1.82) is 5.41 Å². The van der Waals surface area contributed by atoms with E-state index in [-0.39, 0.29) is 0 Å². The van der Waals surface area contributed by atoms with Crippen LogP contribution in [0.5, 0.6) is 0 Å². The van der Waals surface area contributed by atoms with Crippen molar-refractivity contribution in [2.75, 3.05) is 24.1 Å². The molecule has 0 aromatic heterocycles. The first-order chi connectivity index (χ1) is 12.5. The normalized spacial score (nSPS) is 17.6. The molecule has 3 rings (SSSR count). The van der Waals surface area contributed by atoms with Gasteiger partial charge in [0.05, 0.1) is 0 Å². The maximum Gasteiger partial charge on any atom is 0.248 e. The molecule has 0 bridgehead atoms. The Balaban J connectivity index is 1.63. The zero-order valence-corrected chi connectivity index (χ0v) is 14.7. The van der Waals surface area contributed by atoms with Crippen molar-refractivity contribution in [3.63, 3.8) is 0 Å². The van der Waals surface area contributed by atoms with Gasteiger partial charge in [0, 0.05) is 47.8 Å². The fourth-order valence-electron chi connectivity index (χ4n) is 3.42. The standard InChI is InChI=1S/C20H25N5O/c21-11-16-10-17(6-7-19(16)22)24-18-5-2-8-25(13-18)12-14-3-1-4-15(9-14)20(23)26/h1,3-4,6-7,9-11,18,21,24H,2,5,8,12-13,22H2,(H2,23,26). The smallest absolute Gasteiger partial charge is 0.248 e. The highest BCUT2D eigenvalue weighted by Crippen LogP contribution is 2.21. The van der Waals surface area contributed by atoms with Crippen molar-refractivity contribution in [2.45, 2.75) is 25.4 Å². The van der Waals surface area contributed by atoms with Crippen molar-refractivity contribution in [3.05, 3.63) is 59.2 Å². The fraction of sp³-hybridized carbons (Fsp3) is 0.300. The van der Waals surface area contributed by atoms with Crippen molar-refractivity contribution >= 4 is 23.5 Å². The van der Waals surface area contributed by atoms with Crippen LogP contribution in [0.3, 0.4) is 0 Å². The Morgan fingerprint density at radius 2 is 2.15 bits per heavy atom. The summed E-state index contributed by atoms with van der Waals surface area (Å²) in [4.78, 5) is 13.7. The van der Waals surface area contributed by atoms with E-state index in [4.69, 9.17) is 16.9 Å². The molecule has 0 spiro atoms. The number of hydrogen-bond acceptors (Lipinski definition) is 5. The largest absolute Gasteiger partial charge is 0.398 e. The zero-order chi connectivity index (χ0) is 18.5. The minimum Gasteiger partial charge on any atom is -0.398 e. The van der Waals surface area contributed by atoms with Crippen LogP contribution < -0.4 is 16.8 Å². The number of nitrogens with zero attached hydrogens (tertiary/aromatic N) is 1. The van der Waals surface area contributed by atoms with E-state index in [2.05, 4.69) is 10.2 Å². The second kappa shape index (κ2) is 8.01. The number of primary amides is 1. The van der Waals surface area contributed by atoms with Crippen molar-refractivity contribution in [2.24, 2.45) is 5.73 Å². The molecule has 1 fully saturated rings. The van der Waals surface area contributed by atoms with Crippen LogP contribution in [-0.2, 0) is 6.54 Å². The van der Waals surface area contributed by atoms with Crippen LogP contribution in [0.15, 0.2) is 42.5 Å². The van der Waals surface area contributed by atoms with Crippen LogP contribution in [0.25, 0.3) is 0 Å². The van der Waals surface area contributed by atoms with E-state index in [9.17, 15) is 4.79 Å². The molecule has 6 N–H and O–H groups in total.